The smallest absolute Gasteiger partial charge is 0.253 e. The van der Waals surface area contributed by atoms with Crippen molar-refractivity contribution >= 4 is 21.8 Å². The van der Waals surface area contributed by atoms with Crippen LogP contribution in [0.1, 0.15) is 16.8 Å². The number of methoxy groups -OCH3 is 2. The van der Waals surface area contributed by atoms with Crippen molar-refractivity contribution in [2.45, 2.75) is 24.8 Å². The maximum Gasteiger partial charge on any atom is 0.253 e. The summed E-state index contributed by atoms with van der Waals surface area (Å²) < 4.78 is 24.3. The minimum absolute atomic E-state index is 0.107. The Balaban J connectivity index is 1.95. The van der Waals surface area contributed by atoms with Gasteiger partial charge in [-0.3, -0.25) is 9.42 Å². The molecule has 1 aromatic carbocycles. The van der Waals surface area contributed by atoms with Gasteiger partial charge in [-0.1, -0.05) is 0 Å². The molecule has 3 rings (SSSR count). The number of imidazole rings is 1. The molecule has 2 aromatic heterocycles. The largest absolute Gasteiger partial charge is 0.497 e. The third kappa shape index (κ3) is 3.17. The first kappa shape index (κ1) is 17.2. The first-order valence-electron chi connectivity index (χ1n) is 7.64. The highest BCUT2D eigenvalue weighted by atomic mass is 32.2. The van der Waals surface area contributed by atoms with E-state index in [-0.39, 0.29) is 5.75 Å². The minimum Gasteiger partial charge on any atom is -0.497 e. The molecule has 25 heavy (non-hydrogen) atoms. The number of fused-ring (bicyclic) bond motifs is 1. The zero-order valence-electron chi connectivity index (χ0n) is 14.5. The summed E-state index contributed by atoms with van der Waals surface area (Å²) in [5, 5.41) is 10.5. The first-order chi connectivity index (χ1) is 11.9. The second kappa shape index (κ2) is 6.72. The lowest BCUT2D eigenvalue weighted by molar-refractivity contribution is -0.909. The molecule has 0 spiro atoms. The molecule has 132 valence electrons. The standard InChI is InChI=1S/C17H20N3O4S/c1-10-8-20(21)15(11(2)16(10)24-4)9-25(22)17-18-13-6-5-12(23-3)7-14(13)19-17/h5-8,21H,9H2,1-4H3,(H,18,19)/q+1/t25-/m0/s1. The lowest BCUT2D eigenvalue weighted by Crippen LogP contribution is -2.37. The van der Waals surface area contributed by atoms with E-state index in [1.165, 1.54) is 0 Å². The average Bonchev–Trinajstić information content (AvgIpc) is 3.01. The van der Waals surface area contributed by atoms with Crippen LogP contribution in [-0.4, -0.2) is 33.6 Å². The molecular weight excluding hydrogens is 342 g/mol. The summed E-state index contributed by atoms with van der Waals surface area (Å²) in [7, 11) is 1.70. The SMILES string of the molecule is COc1ccc2nc([S@@](=O)Cc3c(C)c(OC)c(C)c[n+]3O)[nH]c2c1. The van der Waals surface area contributed by atoms with Crippen molar-refractivity contribution in [3.05, 3.63) is 41.2 Å². The van der Waals surface area contributed by atoms with Crippen molar-refractivity contribution in [3.63, 3.8) is 0 Å². The van der Waals surface area contributed by atoms with E-state index >= 15 is 0 Å². The Bertz CT molecular complexity index is 968. The lowest BCUT2D eigenvalue weighted by atomic mass is 10.1. The van der Waals surface area contributed by atoms with E-state index in [0.29, 0.717) is 27.9 Å². The molecule has 0 unspecified atom stereocenters. The number of pyridine rings is 1. The molecule has 0 fully saturated rings. The van der Waals surface area contributed by atoms with Gasteiger partial charge in [0.15, 0.2) is 5.16 Å². The molecule has 2 heterocycles. The molecule has 2 N–H and O–H groups in total. The molecule has 3 aromatic rings. The Morgan fingerprint density at radius 3 is 2.72 bits per heavy atom. The van der Waals surface area contributed by atoms with Crippen LogP contribution < -0.4 is 14.2 Å². The Labute approximate surface area is 147 Å². The third-order valence-corrected chi connectivity index (χ3v) is 5.24. The van der Waals surface area contributed by atoms with Gasteiger partial charge in [-0.15, -0.1) is 0 Å². The predicted molar refractivity (Wildman–Crippen MR) is 92.6 cm³/mol. The van der Waals surface area contributed by atoms with Gasteiger partial charge in [0.2, 0.25) is 6.20 Å². The highest BCUT2D eigenvalue weighted by Gasteiger charge is 2.25. The van der Waals surface area contributed by atoms with Crippen LogP contribution in [0, 0.1) is 13.8 Å². The number of rotatable bonds is 5. The zero-order chi connectivity index (χ0) is 18.1. The monoisotopic (exact) mass is 362 g/mol. The number of hydrogen-bond donors (Lipinski definition) is 2. The molecule has 1 atom stereocenters. The molecule has 0 amide bonds. The maximum atomic E-state index is 12.7. The number of H-pyrrole nitrogens is 1. The van der Waals surface area contributed by atoms with E-state index < -0.39 is 10.8 Å². The van der Waals surface area contributed by atoms with Crippen molar-refractivity contribution in [2.75, 3.05) is 14.2 Å². The number of hydrogen-bond acceptors (Lipinski definition) is 5. The number of aromatic amines is 1. The van der Waals surface area contributed by atoms with Gasteiger partial charge in [-0.2, -0.15) is 0 Å². The van der Waals surface area contributed by atoms with E-state index in [0.717, 1.165) is 21.4 Å². The van der Waals surface area contributed by atoms with E-state index in [4.69, 9.17) is 9.47 Å². The van der Waals surface area contributed by atoms with Crippen LogP contribution in [0.3, 0.4) is 0 Å². The fourth-order valence-electron chi connectivity index (χ4n) is 2.80. The highest BCUT2D eigenvalue weighted by Crippen LogP contribution is 2.25. The normalized spacial score (nSPS) is 12.3. The van der Waals surface area contributed by atoms with Gasteiger partial charge in [-0.05, 0) is 26.0 Å². The van der Waals surface area contributed by atoms with Crippen molar-refractivity contribution < 1.29 is 23.6 Å². The summed E-state index contributed by atoms with van der Waals surface area (Å²) in [6.07, 6.45) is 1.54. The lowest BCUT2D eigenvalue weighted by Gasteiger charge is -2.08. The van der Waals surface area contributed by atoms with Crippen LogP contribution >= 0.6 is 0 Å². The number of aryl methyl sites for hydroxylation is 1. The van der Waals surface area contributed by atoms with E-state index in [1.54, 1.807) is 38.6 Å². The number of nitrogens with zero attached hydrogens (tertiary/aromatic N) is 2. The molecule has 0 radical (unpaired) electrons. The quantitative estimate of drug-likeness (QED) is 0.536. The van der Waals surface area contributed by atoms with Gasteiger partial charge in [0.25, 0.3) is 5.69 Å². The zero-order valence-corrected chi connectivity index (χ0v) is 15.3. The van der Waals surface area contributed by atoms with Gasteiger partial charge < -0.3 is 14.5 Å². The van der Waals surface area contributed by atoms with Crippen LogP contribution in [0.4, 0.5) is 0 Å². The number of ether oxygens (including phenoxy) is 2. The molecule has 0 aliphatic rings. The van der Waals surface area contributed by atoms with Crippen molar-refractivity contribution in [1.29, 1.82) is 0 Å². The Hall–Kier alpha value is -2.61. The van der Waals surface area contributed by atoms with E-state index in [2.05, 4.69) is 9.97 Å². The summed E-state index contributed by atoms with van der Waals surface area (Å²) in [6, 6.07) is 5.40. The van der Waals surface area contributed by atoms with Crippen molar-refractivity contribution in [1.82, 2.24) is 9.97 Å². The number of nitrogens with one attached hydrogen (secondary N) is 1. The van der Waals surface area contributed by atoms with Crippen LogP contribution in [0.5, 0.6) is 11.5 Å². The van der Waals surface area contributed by atoms with Gasteiger partial charge in [0.1, 0.15) is 17.3 Å². The topological polar surface area (TPSA) is 88.3 Å². The van der Waals surface area contributed by atoms with E-state index in [1.807, 2.05) is 13.8 Å². The highest BCUT2D eigenvalue weighted by molar-refractivity contribution is 7.84. The molecular formula is C17H20N3O4S+. The van der Waals surface area contributed by atoms with Gasteiger partial charge in [-0.25, -0.2) is 4.98 Å². The van der Waals surface area contributed by atoms with E-state index in [9.17, 15) is 9.42 Å². The van der Waals surface area contributed by atoms with Gasteiger partial charge in [0.05, 0.1) is 47.2 Å². The molecule has 0 aliphatic heterocycles. The average molecular weight is 362 g/mol. The molecule has 7 nitrogen and oxygen atoms in total. The molecule has 8 heteroatoms. The van der Waals surface area contributed by atoms with Crippen LogP contribution in [-0.2, 0) is 16.6 Å². The summed E-state index contributed by atoms with van der Waals surface area (Å²) in [4.78, 5) is 7.43. The summed E-state index contributed by atoms with van der Waals surface area (Å²) in [5.74, 6) is 1.48. The third-order valence-electron chi connectivity index (χ3n) is 4.08. The molecule has 0 aliphatic carbocycles. The summed E-state index contributed by atoms with van der Waals surface area (Å²) >= 11 is 0. The summed E-state index contributed by atoms with van der Waals surface area (Å²) in [5.41, 5.74) is 3.51. The van der Waals surface area contributed by atoms with Gasteiger partial charge >= 0.3 is 0 Å². The van der Waals surface area contributed by atoms with Gasteiger partial charge in [0, 0.05) is 10.8 Å². The van der Waals surface area contributed by atoms with Crippen LogP contribution in [0.25, 0.3) is 11.0 Å². The Morgan fingerprint density at radius 1 is 1.28 bits per heavy atom. The second-order valence-electron chi connectivity index (χ2n) is 5.68. The van der Waals surface area contributed by atoms with Crippen LogP contribution in [0.15, 0.2) is 29.6 Å². The first-order valence-corrected chi connectivity index (χ1v) is 8.96. The Kier molecular flexibility index (Phi) is 4.63. The molecule has 0 saturated heterocycles. The Morgan fingerprint density at radius 2 is 2.04 bits per heavy atom. The molecule has 0 bridgehead atoms. The van der Waals surface area contributed by atoms with Crippen molar-refractivity contribution in [2.24, 2.45) is 0 Å². The second-order valence-corrected chi connectivity index (χ2v) is 7.04. The number of aromatic nitrogens is 3. The fourth-order valence-corrected chi connectivity index (χ4v) is 3.96. The molecule has 0 saturated carbocycles. The predicted octanol–water partition coefficient (Wildman–Crippen LogP) is 2.03. The maximum absolute atomic E-state index is 12.7. The minimum atomic E-state index is -1.46. The van der Waals surface area contributed by atoms with Crippen molar-refractivity contribution in [3.8, 4) is 11.5 Å². The fraction of sp³-hybridized carbons (Fsp3) is 0.294. The number of benzene rings is 1. The van der Waals surface area contributed by atoms with Crippen LogP contribution in [0.2, 0.25) is 0 Å². The summed E-state index contributed by atoms with van der Waals surface area (Å²) in [6.45, 7) is 3.67.